The van der Waals surface area contributed by atoms with Gasteiger partial charge >= 0.3 is 0 Å². The van der Waals surface area contributed by atoms with Crippen LogP contribution in [0, 0.1) is 0 Å². The molecular formula is C11H9BrClN. The second-order valence-electron chi connectivity index (χ2n) is 3.13. The number of nitrogens with zero attached hydrogens (tertiary/aromatic N) is 1. The lowest BCUT2D eigenvalue weighted by atomic mass is 10.1. The Morgan fingerprint density at radius 3 is 2.86 bits per heavy atom. The summed E-state index contributed by atoms with van der Waals surface area (Å²) >= 11 is 9.48. The maximum Gasteiger partial charge on any atom is 0.136 e. The van der Waals surface area contributed by atoms with E-state index in [-0.39, 0.29) is 0 Å². The van der Waals surface area contributed by atoms with E-state index in [2.05, 4.69) is 46.0 Å². The van der Waals surface area contributed by atoms with Crippen LogP contribution in [0.1, 0.15) is 12.5 Å². The van der Waals surface area contributed by atoms with E-state index in [4.69, 9.17) is 11.6 Å². The smallest absolute Gasteiger partial charge is 0.136 e. The minimum absolute atomic E-state index is 0.568. The van der Waals surface area contributed by atoms with Crippen molar-refractivity contribution in [2.24, 2.45) is 0 Å². The molecule has 1 aromatic heterocycles. The van der Waals surface area contributed by atoms with E-state index >= 15 is 0 Å². The van der Waals surface area contributed by atoms with Gasteiger partial charge in [-0.1, -0.05) is 30.7 Å². The van der Waals surface area contributed by atoms with Crippen LogP contribution in [0.5, 0.6) is 0 Å². The van der Waals surface area contributed by atoms with Crippen LogP contribution in [0.15, 0.2) is 28.9 Å². The molecule has 1 heterocycles. The number of hydrogen-bond acceptors (Lipinski definition) is 1. The van der Waals surface area contributed by atoms with E-state index in [0.29, 0.717) is 5.15 Å². The predicted molar refractivity (Wildman–Crippen MR) is 63.8 cm³/mol. The Labute approximate surface area is 96.2 Å². The van der Waals surface area contributed by atoms with Crippen LogP contribution in [-0.4, -0.2) is 4.98 Å². The van der Waals surface area contributed by atoms with Crippen LogP contribution in [0.2, 0.25) is 5.15 Å². The fourth-order valence-electron chi connectivity index (χ4n) is 1.44. The van der Waals surface area contributed by atoms with E-state index < -0.39 is 0 Å². The van der Waals surface area contributed by atoms with E-state index in [9.17, 15) is 0 Å². The first-order valence-electron chi connectivity index (χ1n) is 4.45. The SMILES string of the molecule is CCc1ccc2c(Br)cnc(Cl)c2c1. The molecular weight excluding hydrogens is 261 g/mol. The van der Waals surface area contributed by atoms with Crippen molar-refractivity contribution >= 4 is 38.3 Å². The predicted octanol–water partition coefficient (Wildman–Crippen LogP) is 4.21. The average molecular weight is 271 g/mol. The summed E-state index contributed by atoms with van der Waals surface area (Å²) in [4.78, 5) is 4.10. The van der Waals surface area contributed by atoms with Gasteiger partial charge in [-0.05, 0) is 34.0 Å². The molecule has 0 saturated carbocycles. The van der Waals surface area contributed by atoms with Gasteiger partial charge in [0.1, 0.15) is 5.15 Å². The van der Waals surface area contributed by atoms with Crippen molar-refractivity contribution in [3.8, 4) is 0 Å². The number of pyridine rings is 1. The molecule has 14 heavy (non-hydrogen) atoms. The van der Waals surface area contributed by atoms with E-state index in [0.717, 1.165) is 21.7 Å². The summed E-state index contributed by atoms with van der Waals surface area (Å²) < 4.78 is 0.986. The molecule has 0 atom stereocenters. The van der Waals surface area contributed by atoms with Crippen LogP contribution >= 0.6 is 27.5 Å². The Morgan fingerprint density at radius 2 is 2.14 bits per heavy atom. The van der Waals surface area contributed by atoms with Gasteiger partial charge in [0.05, 0.1) is 0 Å². The van der Waals surface area contributed by atoms with Gasteiger partial charge in [0, 0.05) is 21.4 Å². The summed E-state index contributed by atoms with van der Waals surface area (Å²) in [7, 11) is 0. The van der Waals surface area contributed by atoms with Crippen LogP contribution in [0.3, 0.4) is 0 Å². The summed E-state index contributed by atoms with van der Waals surface area (Å²) in [5, 5.41) is 2.70. The molecule has 0 radical (unpaired) electrons. The molecule has 72 valence electrons. The average Bonchev–Trinajstić information content (AvgIpc) is 2.23. The molecule has 1 aromatic carbocycles. The molecule has 3 heteroatoms. The Morgan fingerprint density at radius 1 is 1.36 bits per heavy atom. The molecule has 0 spiro atoms. The molecule has 0 aliphatic heterocycles. The van der Waals surface area contributed by atoms with Crippen molar-refractivity contribution in [2.75, 3.05) is 0 Å². The number of aromatic nitrogens is 1. The minimum atomic E-state index is 0.568. The van der Waals surface area contributed by atoms with Crippen LogP contribution < -0.4 is 0 Å². The maximum atomic E-state index is 6.03. The lowest BCUT2D eigenvalue weighted by Gasteiger charge is -2.04. The van der Waals surface area contributed by atoms with Crippen molar-refractivity contribution in [3.05, 3.63) is 39.6 Å². The highest BCUT2D eigenvalue weighted by molar-refractivity contribution is 9.10. The summed E-state index contributed by atoms with van der Waals surface area (Å²) in [6.45, 7) is 2.13. The number of aryl methyl sites for hydroxylation is 1. The standard InChI is InChI=1S/C11H9BrClN/c1-2-7-3-4-8-9(5-7)11(13)14-6-10(8)12/h3-6H,2H2,1H3. The van der Waals surface area contributed by atoms with Gasteiger partial charge in [-0.2, -0.15) is 0 Å². The largest absolute Gasteiger partial charge is 0.243 e. The van der Waals surface area contributed by atoms with E-state index in [1.165, 1.54) is 5.56 Å². The third-order valence-electron chi connectivity index (χ3n) is 2.26. The zero-order valence-electron chi connectivity index (χ0n) is 7.72. The molecule has 0 aliphatic carbocycles. The normalized spacial score (nSPS) is 10.8. The van der Waals surface area contributed by atoms with Crippen molar-refractivity contribution in [1.29, 1.82) is 0 Å². The van der Waals surface area contributed by atoms with Crippen molar-refractivity contribution in [2.45, 2.75) is 13.3 Å². The molecule has 0 saturated heterocycles. The third-order valence-corrected chi connectivity index (χ3v) is 3.20. The molecule has 0 bridgehead atoms. The van der Waals surface area contributed by atoms with Crippen molar-refractivity contribution in [3.63, 3.8) is 0 Å². The molecule has 2 rings (SSSR count). The summed E-state index contributed by atoms with van der Waals surface area (Å²) in [6.07, 6.45) is 2.75. The van der Waals surface area contributed by atoms with Gasteiger partial charge < -0.3 is 0 Å². The van der Waals surface area contributed by atoms with E-state index in [1.807, 2.05) is 0 Å². The Kier molecular flexibility index (Phi) is 2.75. The van der Waals surface area contributed by atoms with E-state index in [1.54, 1.807) is 6.20 Å². The maximum absolute atomic E-state index is 6.03. The highest BCUT2D eigenvalue weighted by Crippen LogP contribution is 2.28. The van der Waals surface area contributed by atoms with Gasteiger partial charge in [-0.15, -0.1) is 0 Å². The highest BCUT2D eigenvalue weighted by Gasteiger charge is 2.04. The Bertz CT molecular complexity index is 482. The number of fused-ring (bicyclic) bond motifs is 1. The van der Waals surface area contributed by atoms with Gasteiger partial charge in [0.25, 0.3) is 0 Å². The topological polar surface area (TPSA) is 12.9 Å². The molecule has 0 unspecified atom stereocenters. The molecule has 0 aliphatic rings. The Hall–Kier alpha value is -0.600. The molecule has 2 aromatic rings. The highest BCUT2D eigenvalue weighted by atomic mass is 79.9. The van der Waals surface area contributed by atoms with Crippen LogP contribution in [-0.2, 0) is 6.42 Å². The first-order valence-corrected chi connectivity index (χ1v) is 5.62. The second kappa shape index (κ2) is 3.87. The number of rotatable bonds is 1. The molecule has 0 amide bonds. The molecule has 0 fully saturated rings. The third kappa shape index (κ3) is 1.64. The number of benzene rings is 1. The first kappa shape index (κ1) is 9.94. The van der Waals surface area contributed by atoms with Crippen LogP contribution in [0.25, 0.3) is 10.8 Å². The van der Waals surface area contributed by atoms with Gasteiger partial charge in [-0.3, -0.25) is 0 Å². The quantitative estimate of drug-likeness (QED) is 0.707. The van der Waals surface area contributed by atoms with Crippen molar-refractivity contribution < 1.29 is 0 Å². The lowest BCUT2D eigenvalue weighted by molar-refractivity contribution is 1.14. The summed E-state index contributed by atoms with van der Waals surface area (Å²) in [5.74, 6) is 0. The van der Waals surface area contributed by atoms with Crippen LogP contribution in [0.4, 0.5) is 0 Å². The Balaban J connectivity index is 2.80. The van der Waals surface area contributed by atoms with Crippen molar-refractivity contribution in [1.82, 2.24) is 4.98 Å². The van der Waals surface area contributed by atoms with Gasteiger partial charge in [0.2, 0.25) is 0 Å². The number of hydrogen-bond donors (Lipinski definition) is 0. The second-order valence-corrected chi connectivity index (χ2v) is 4.34. The molecule has 0 N–H and O–H groups in total. The minimum Gasteiger partial charge on any atom is -0.243 e. The summed E-state index contributed by atoms with van der Waals surface area (Å²) in [6, 6.07) is 6.28. The fourth-order valence-corrected chi connectivity index (χ4v) is 2.10. The van der Waals surface area contributed by atoms with Gasteiger partial charge in [0.15, 0.2) is 0 Å². The zero-order chi connectivity index (χ0) is 10.1. The summed E-state index contributed by atoms with van der Waals surface area (Å²) in [5.41, 5.74) is 1.28. The van der Waals surface area contributed by atoms with Gasteiger partial charge in [-0.25, -0.2) is 4.98 Å². The fraction of sp³-hybridized carbons (Fsp3) is 0.182. The first-order chi connectivity index (χ1) is 6.72. The lowest BCUT2D eigenvalue weighted by Crippen LogP contribution is -1.84. The number of halogens is 2. The zero-order valence-corrected chi connectivity index (χ0v) is 10.1. The molecule has 1 nitrogen and oxygen atoms in total. The monoisotopic (exact) mass is 269 g/mol.